The van der Waals surface area contributed by atoms with Crippen molar-refractivity contribution in [3.05, 3.63) is 29.8 Å². The minimum absolute atomic E-state index is 0.0137. The number of hydrogen-bond donors (Lipinski definition) is 1. The summed E-state index contributed by atoms with van der Waals surface area (Å²) in [4.78, 5) is 0. The van der Waals surface area contributed by atoms with Gasteiger partial charge in [-0.1, -0.05) is 13.0 Å². The Labute approximate surface area is 100.0 Å². The van der Waals surface area contributed by atoms with E-state index in [-0.39, 0.29) is 17.9 Å². The molecule has 0 aliphatic heterocycles. The van der Waals surface area contributed by atoms with Crippen LogP contribution >= 0.6 is 0 Å². The largest absolute Gasteiger partial charge is 0.486 e. The summed E-state index contributed by atoms with van der Waals surface area (Å²) in [6.07, 6.45) is 2.90. The Bertz CT molecular complexity index is 384. The third kappa shape index (κ3) is 2.75. The molecule has 0 heterocycles. The van der Waals surface area contributed by atoms with Crippen molar-refractivity contribution < 1.29 is 13.5 Å². The Balaban J connectivity index is 2.07. The Kier molecular flexibility index (Phi) is 3.94. The fraction of sp³-hybridized carbons (Fsp3) is 0.538. The molecule has 1 aromatic rings. The van der Waals surface area contributed by atoms with E-state index in [1.54, 1.807) is 0 Å². The molecule has 1 aliphatic rings. The molecular weight excluding hydrogens is 224 g/mol. The SMILES string of the molecule is CCNC1CCCC1Oc1cccc(F)c1F. The molecule has 2 rings (SSSR count). The van der Waals surface area contributed by atoms with Gasteiger partial charge in [0.15, 0.2) is 11.6 Å². The summed E-state index contributed by atoms with van der Waals surface area (Å²) in [5.41, 5.74) is 0. The van der Waals surface area contributed by atoms with Gasteiger partial charge in [0.2, 0.25) is 5.82 Å². The van der Waals surface area contributed by atoms with Gasteiger partial charge in [0, 0.05) is 6.04 Å². The first-order valence-corrected chi connectivity index (χ1v) is 6.06. The van der Waals surface area contributed by atoms with Crippen molar-refractivity contribution in [2.75, 3.05) is 6.54 Å². The number of hydrogen-bond acceptors (Lipinski definition) is 2. The highest BCUT2D eigenvalue weighted by Crippen LogP contribution is 2.27. The number of ether oxygens (including phenoxy) is 1. The number of nitrogens with one attached hydrogen (secondary N) is 1. The molecule has 0 aromatic heterocycles. The van der Waals surface area contributed by atoms with Gasteiger partial charge in [0.25, 0.3) is 0 Å². The molecule has 2 unspecified atom stereocenters. The lowest BCUT2D eigenvalue weighted by Gasteiger charge is -2.22. The molecule has 1 aliphatic carbocycles. The summed E-state index contributed by atoms with van der Waals surface area (Å²) in [5.74, 6) is -1.74. The van der Waals surface area contributed by atoms with Crippen LogP contribution in [-0.4, -0.2) is 18.7 Å². The maximum absolute atomic E-state index is 13.4. The smallest absolute Gasteiger partial charge is 0.200 e. The molecular formula is C13H17F2NO. The molecule has 0 saturated heterocycles. The van der Waals surface area contributed by atoms with E-state index >= 15 is 0 Å². The Hall–Kier alpha value is -1.16. The Morgan fingerprint density at radius 2 is 2.18 bits per heavy atom. The molecule has 1 aromatic carbocycles. The molecule has 0 spiro atoms. The van der Waals surface area contributed by atoms with E-state index in [0.717, 1.165) is 31.9 Å². The van der Waals surface area contributed by atoms with Crippen LogP contribution in [0.4, 0.5) is 8.78 Å². The van der Waals surface area contributed by atoms with Crippen LogP contribution in [0.3, 0.4) is 0 Å². The lowest BCUT2D eigenvalue weighted by Crippen LogP contribution is -2.38. The van der Waals surface area contributed by atoms with Crippen LogP contribution in [0, 0.1) is 11.6 Å². The maximum atomic E-state index is 13.4. The normalized spacial score (nSPS) is 23.9. The van der Waals surface area contributed by atoms with Gasteiger partial charge in [-0.3, -0.25) is 0 Å². The van der Waals surface area contributed by atoms with Crippen LogP contribution in [0.1, 0.15) is 26.2 Å². The van der Waals surface area contributed by atoms with E-state index in [0.29, 0.717) is 0 Å². The van der Waals surface area contributed by atoms with Crippen molar-refractivity contribution in [1.29, 1.82) is 0 Å². The molecule has 1 N–H and O–H groups in total. The molecule has 1 saturated carbocycles. The van der Waals surface area contributed by atoms with Crippen LogP contribution in [0.15, 0.2) is 18.2 Å². The van der Waals surface area contributed by atoms with E-state index in [1.807, 2.05) is 6.92 Å². The van der Waals surface area contributed by atoms with Gasteiger partial charge in [-0.05, 0) is 37.9 Å². The van der Waals surface area contributed by atoms with Crippen LogP contribution < -0.4 is 10.1 Å². The first-order chi connectivity index (χ1) is 8.22. The van der Waals surface area contributed by atoms with Crippen LogP contribution in [-0.2, 0) is 0 Å². The number of halogens is 2. The lowest BCUT2D eigenvalue weighted by atomic mass is 10.2. The average Bonchev–Trinajstić information content (AvgIpc) is 2.73. The average molecular weight is 241 g/mol. The highest BCUT2D eigenvalue weighted by molar-refractivity contribution is 5.25. The molecule has 4 heteroatoms. The zero-order valence-corrected chi connectivity index (χ0v) is 9.88. The predicted molar refractivity (Wildman–Crippen MR) is 62.1 cm³/mol. The lowest BCUT2D eigenvalue weighted by molar-refractivity contribution is 0.167. The molecule has 2 atom stereocenters. The monoisotopic (exact) mass is 241 g/mol. The van der Waals surface area contributed by atoms with Crippen molar-refractivity contribution >= 4 is 0 Å². The zero-order valence-electron chi connectivity index (χ0n) is 9.88. The van der Waals surface area contributed by atoms with Crippen molar-refractivity contribution in [2.45, 2.75) is 38.3 Å². The Morgan fingerprint density at radius 1 is 1.35 bits per heavy atom. The second kappa shape index (κ2) is 5.45. The second-order valence-corrected chi connectivity index (χ2v) is 4.30. The van der Waals surface area contributed by atoms with Gasteiger partial charge in [-0.2, -0.15) is 4.39 Å². The Morgan fingerprint density at radius 3 is 2.94 bits per heavy atom. The van der Waals surface area contributed by atoms with E-state index in [1.165, 1.54) is 12.1 Å². The predicted octanol–water partition coefficient (Wildman–Crippen LogP) is 2.87. The summed E-state index contributed by atoms with van der Waals surface area (Å²) in [6.45, 7) is 2.88. The summed E-state index contributed by atoms with van der Waals surface area (Å²) in [6, 6.07) is 4.27. The number of rotatable bonds is 4. The van der Waals surface area contributed by atoms with E-state index < -0.39 is 11.6 Å². The summed E-state index contributed by atoms with van der Waals surface area (Å²) in [7, 11) is 0. The number of benzene rings is 1. The van der Waals surface area contributed by atoms with Gasteiger partial charge in [0.1, 0.15) is 6.10 Å². The van der Waals surface area contributed by atoms with Crippen molar-refractivity contribution in [3.8, 4) is 5.75 Å². The van der Waals surface area contributed by atoms with Crippen molar-refractivity contribution in [2.24, 2.45) is 0 Å². The molecule has 0 radical (unpaired) electrons. The second-order valence-electron chi connectivity index (χ2n) is 4.30. The number of likely N-dealkylation sites (N-methyl/N-ethyl adjacent to an activating group) is 1. The van der Waals surface area contributed by atoms with Crippen LogP contribution in [0.5, 0.6) is 5.75 Å². The first-order valence-electron chi connectivity index (χ1n) is 6.06. The van der Waals surface area contributed by atoms with E-state index in [9.17, 15) is 8.78 Å². The summed E-state index contributed by atoms with van der Waals surface area (Å²) >= 11 is 0. The highest BCUT2D eigenvalue weighted by Gasteiger charge is 2.29. The van der Waals surface area contributed by atoms with Gasteiger partial charge < -0.3 is 10.1 Å². The van der Waals surface area contributed by atoms with E-state index in [4.69, 9.17) is 4.74 Å². The summed E-state index contributed by atoms with van der Waals surface area (Å²) in [5, 5.41) is 3.31. The fourth-order valence-electron chi connectivity index (χ4n) is 2.30. The maximum Gasteiger partial charge on any atom is 0.200 e. The fourth-order valence-corrected chi connectivity index (χ4v) is 2.30. The van der Waals surface area contributed by atoms with Gasteiger partial charge in [0.05, 0.1) is 0 Å². The molecule has 0 bridgehead atoms. The van der Waals surface area contributed by atoms with Crippen molar-refractivity contribution in [1.82, 2.24) is 5.32 Å². The third-order valence-electron chi connectivity index (χ3n) is 3.11. The molecule has 0 amide bonds. The first kappa shape index (κ1) is 12.3. The topological polar surface area (TPSA) is 21.3 Å². The molecule has 94 valence electrons. The molecule has 2 nitrogen and oxygen atoms in total. The van der Waals surface area contributed by atoms with Gasteiger partial charge >= 0.3 is 0 Å². The molecule has 1 fully saturated rings. The minimum atomic E-state index is -0.894. The van der Waals surface area contributed by atoms with Crippen molar-refractivity contribution in [3.63, 3.8) is 0 Å². The standard InChI is InChI=1S/C13H17F2NO/c1-2-16-10-6-4-7-11(10)17-12-8-3-5-9(14)13(12)15/h3,5,8,10-11,16H,2,4,6-7H2,1H3. The zero-order chi connectivity index (χ0) is 12.3. The van der Waals surface area contributed by atoms with Crippen LogP contribution in [0.25, 0.3) is 0 Å². The third-order valence-corrected chi connectivity index (χ3v) is 3.11. The van der Waals surface area contributed by atoms with Gasteiger partial charge in [-0.25, -0.2) is 4.39 Å². The molecule has 17 heavy (non-hydrogen) atoms. The minimum Gasteiger partial charge on any atom is -0.486 e. The highest BCUT2D eigenvalue weighted by atomic mass is 19.2. The van der Waals surface area contributed by atoms with Crippen LogP contribution in [0.2, 0.25) is 0 Å². The van der Waals surface area contributed by atoms with E-state index in [2.05, 4.69) is 5.32 Å². The quantitative estimate of drug-likeness (QED) is 0.875. The van der Waals surface area contributed by atoms with Gasteiger partial charge in [-0.15, -0.1) is 0 Å². The summed E-state index contributed by atoms with van der Waals surface area (Å²) < 4.78 is 32.0.